The van der Waals surface area contributed by atoms with Crippen molar-refractivity contribution in [2.24, 2.45) is 0 Å². The number of ether oxygens (including phenoxy) is 1. The van der Waals surface area contributed by atoms with E-state index in [1.807, 2.05) is 49.4 Å². The third-order valence-electron chi connectivity index (χ3n) is 4.93. The number of anilines is 1. The average Bonchev–Trinajstić information content (AvgIpc) is 2.82. The Morgan fingerprint density at radius 1 is 1.09 bits per heavy atom. The molecule has 0 saturated carbocycles. The number of hydrogen-bond donors (Lipinski definition) is 2. The zero-order valence-electron chi connectivity index (χ0n) is 18.1. The van der Waals surface area contributed by atoms with Crippen LogP contribution in [0.2, 0.25) is 0 Å². The maximum atomic E-state index is 12.7. The molecule has 0 heterocycles. The van der Waals surface area contributed by atoms with Crippen molar-refractivity contribution in [1.82, 2.24) is 0 Å². The average molecular weight is 678 g/mol. The number of halogens is 2. The smallest absolute Gasteiger partial charge is 0.335 e. The molecule has 0 bridgehead atoms. The van der Waals surface area contributed by atoms with Crippen molar-refractivity contribution in [2.75, 3.05) is 5.32 Å². The summed E-state index contributed by atoms with van der Waals surface area (Å²) in [6.45, 7) is 2.29. The SMILES string of the molecule is CCc1ccccc1NC(=O)/C(C#N)=C\c1cc(I)c(OCc2ccc(C(=O)O)cc2)c(I)c1. The normalized spacial score (nSPS) is 10.9. The highest BCUT2D eigenvalue weighted by molar-refractivity contribution is 14.1. The molecule has 3 aromatic rings. The molecule has 34 heavy (non-hydrogen) atoms. The van der Waals surface area contributed by atoms with Gasteiger partial charge in [0, 0.05) is 5.69 Å². The molecule has 0 atom stereocenters. The Balaban J connectivity index is 1.76. The van der Waals surface area contributed by atoms with Crippen molar-refractivity contribution >= 4 is 68.8 Å². The largest absolute Gasteiger partial charge is 0.487 e. The zero-order valence-corrected chi connectivity index (χ0v) is 22.5. The number of carbonyl (C=O) groups is 2. The Kier molecular flexibility index (Phi) is 9.06. The molecule has 1 amide bonds. The van der Waals surface area contributed by atoms with Crippen LogP contribution >= 0.6 is 45.2 Å². The zero-order chi connectivity index (χ0) is 24.7. The fraction of sp³-hybridized carbons (Fsp3) is 0.115. The minimum atomic E-state index is -0.972. The van der Waals surface area contributed by atoms with Gasteiger partial charge >= 0.3 is 5.97 Å². The predicted molar refractivity (Wildman–Crippen MR) is 148 cm³/mol. The lowest BCUT2D eigenvalue weighted by Crippen LogP contribution is -2.14. The summed E-state index contributed by atoms with van der Waals surface area (Å²) in [7, 11) is 0. The van der Waals surface area contributed by atoms with E-state index >= 15 is 0 Å². The lowest BCUT2D eigenvalue weighted by molar-refractivity contribution is -0.112. The van der Waals surface area contributed by atoms with E-state index in [4.69, 9.17) is 9.84 Å². The molecule has 0 aliphatic carbocycles. The van der Waals surface area contributed by atoms with Crippen molar-refractivity contribution in [3.8, 4) is 11.8 Å². The molecular weight excluding hydrogens is 658 g/mol. The minimum absolute atomic E-state index is 0.00435. The van der Waals surface area contributed by atoms with Crippen LogP contribution in [0.1, 0.15) is 34.0 Å². The van der Waals surface area contributed by atoms with Crippen LogP contribution in [0.15, 0.2) is 66.2 Å². The first-order valence-electron chi connectivity index (χ1n) is 10.3. The Hall–Kier alpha value is -2.91. The van der Waals surface area contributed by atoms with Gasteiger partial charge in [0.15, 0.2) is 0 Å². The second-order valence-corrected chi connectivity index (χ2v) is 9.56. The number of amides is 1. The molecular formula is C26H20I2N2O4. The van der Waals surface area contributed by atoms with E-state index in [0.29, 0.717) is 17.0 Å². The van der Waals surface area contributed by atoms with Crippen LogP contribution in [0.5, 0.6) is 5.75 Å². The fourth-order valence-corrected chi connectivity index (χ4v) is 5.28. The number of carboxylic acid groups (broad SMARTS) is 1. The van der Waals surface area contributed by atoms with E-state index in [-0.39, 0.29) is 17.7 Å². The Labute approximate surface area is 224 Å². The molecule has 3 aromatic carbocycles. The molecule has 0 spiro atoms. The van der Waals surface area contributed by atoms with E-state index < -0.39 is 11.9 Å². The molecule has 0 aliphatic rings. The van der Waals surface area contributed by atoms with Gasteiger partial charge in [0.25, 0.3) is 5.91 Å². The highest BCUT2D eigenvalue weighted by Gasteiger charge is 2.14. The third kappa shape index (κ3) is 6.57. The van der Waals surface area contributed by atoms with Gasteiger partial charge in [-0.2, -0.15) is 5.26 Å². The Morgan fingerprint density at radius 3 is 2.32 bits per heavy atom. The van der Waals surface area contributed by atoms with Gasteiger partial charge in [-0.25, -0.2) is 4.79 Å². The minimum Gasteiger partial charge on any atom is -0.487 e. The fourth-order valence-electron chi connectivity index (χ4n) is 3.16. The quantitative estimate of drug-likeness (QED) is 0.166. The molecule has 0 saturated heterocycles. The van der Waals surface area contributed by atoms with Gasteiger partial charge in [-0.15, -0.1) is 0 Å². The lowest BCUT2D eigenvalue weighted by Gasteiger charge is -2.12. The first-order chi connectivity index (χ1) is 16.3. The predicted octanol–water partition coefficient (Wildman–Crippen LogP) is 6.28. The molecule has 0 unspecified atom stereocenters. The van der Waals surface area contributed by atoms with Crippen LogP contribution in [0, 0.1) is 18.5 Å². The first kappa shape index (κ1) is 25.7. The topological polar surface area (TPSA) is 99.4 Å². The van der Waals surface area contributed by atoms with Crippen molar-refractivity contribution in [3.05, 3.63) is 95.6 Å². The number of carboxylic acids is 1. The van der Waals surface area contributed by atoms with Gasteiger partial charge in [0.05, 0.1) is 12.7 Å². The first-order valence-corrected chi connectivity index (χ1v) is 12.4. The molecule has 172 valence electrons. The van der Waals surface area contributed by atoms with Gasteiger partial charge in [0.2, 0.25) is 0 Å². The number of aromatic carboxylic acids is 1. The number of hydrogen-bond acceptors (Lipinski definition) is 4. The number of aryl methyl sites for hydroxylation is 1. The standard InChI is InChI=1S/C26H20I2N2O4/c1-2-18-5-3-4-6-23(18)30-25(31)20(14-29)11-17-12-21(27)24(22(28)13-17)34-15-16-7-9-19(10-8-16)26(32)33/h3-13H,2,15H2,1H3,(H,30,31)(H,32,33)/b20-11-. The summed E-state index contributed by atoms with van der Waals surface area (Å²) >= 11 is 4.30. The summed E-state index contributed by atoms with van der Waals surface area (Å²) in [5.41, 5.74) is 3.47. The molecule has 6 nitrogen and oxygen atoms in total. The Morgan fingerprint density at radius 2 is 1.74 bits per heavy atom. The summed E-state index contributed by atoms with van der Waals surface area (Å²) < 4.78 is 7.62. The molecule has 0 fully saturated rings. The second kappa shape index (κ2) is 12.0. The molecule has 3 rings (SSSR count). The van der Waals surface area contributed by atoms with Crippen LogP contribution < -0.4 is 10.1 Å². The van der Waals surface area contributed by atoms with Crippen molar-refractivity contribution in [3.63, 3.8) is 0 Å². The number of nitriles is 1. The van der Waals surface area contributed by atoms with Gasteiger partial charge < -0.3 is 15.2 Å². The molecule has 0 radical (unpaired) electrons. The van der Waals surface area contributed by atoms with E-state index in [1.54, 1.807) is 18.2 Å². The number of nitrogens with one attached hydrogen (secondary N) is 1. The van der Waals surface area contributed by atoms with Crippen LogP contribution in [0.25, 0.3) is 6.08 Å². The summed E-state index contributed by atoms with van der Waals surface area (Å²) in [6, 6.07) is 19.7. The van der Waals surface area contributed by atoms with Crippen molar-refractivity contribution in [2.45, 2.75) is 20.0 Å². The number of carbonyl (C=O) groups excluding carboxylic acids is 1. The molecule has 0 aromatic heterocycles. The molecule has 8 heteroatoms. The number of para-hydroxylation sites is 1. The molecule has 0 aliphatic heterocycles. The van der Waals surface area contributed by atoms with Crippen LogP contribution in [-0.4, -0.2) is 17.0 Å². The highest BCUT2D eigenvalue weighted by atomic mass is 127. The van der Waals surface area contributed by atoms with Gasteiger partial charge in [-0.05, 0) is 105 Å². The van der Waals surface area contributed by atoms with Gasteiger partial charge in [0.1, 0.15) is 24.0 Å². The maximum Gasteiger partial charge on any atom is 0.335 e. The van der Waals surface area contributed by atoms with Crippen molar-refractivity contribution < 1.29 is 19.4 Å². The number of benzene rings is 3. The monoisotopic (exact) mass is 678 g/mol. The number of rotatable bonds is 8. The van der Waals surface area contributed by atoms with Crippen LogP contribution in [-0.2, 0) is 17.8 Å². The van der Waals surface area contributed by atoms with Gasteiger partial charge in [-0.3, -0.25) is 4.79 Å². The second-order valence-electron chi connectivity index (χ2n) is 7.24. The van der Waals surface area contributed by atoms with E-state index in [1.165, 1.54) is 12.1 Å². The van der Waals surface area contributed by atoms with Gasteiger partial charge in [-0.1, -0.05) is 37.3 Å². The van der Waals surface area contributed by atoms with Crippen LogP contribution in [0.3, 0.4) is 0 Å². The lowest BCUT2D eigenvalue weighted by atomic mass is 10.1. The third-order valence-corrected chi connectivity index (χ3v) is 6.53. The summed E-state index contributed by atoms with van der Waals surface area (Å²) in [5, 5.41) is 21.4. The van der Waals surface area contributed by atoms with E-state index in [2.05, 4.69) is 50.5 Å². The van der Waals surface area contributed by atoms with E-state index in [0.717, 1.165) is 24.7 Å². The maximum absolute atomic E-state index is 12.7. The Bertz CT molecular complexity index is 1270. The molecule has 2 N–H and O–H groups in total. The summed E-state index contributed by atoms with van der Waals surface area (Å²) in [5.74, 6) is -0.751. The number of nitrogens with zero attached hydrogens (tertiary/aromatic N) is 1. The van der Waals surface area contributed by atoms with E-state index in [9.17, 15) is 14.9 Å². The van der Waals surface area contributed by atoms with Crippen LogP contribution in [0.4, 0.5) is 5.69 Å². The highest BCUT2D eigenvalue weighted by Crippen LogP contribution is 2.30. The summed E-state index contributed by atoms with van der Waals surface area (Å²) in [6.07, 6.45) is 2.33. The van der Waals surface area contributed by atoms with Crippen molar-refractivity contribution in [1.29, 1.82) is 5.26 Å². The summed E-state index contributed by atoms with van der Waals surface area (Å²) in [4.78, 5) is 23.7.